The summed E-state index contributed by atoms with van der Waals surface area (Å²) in [6.45, 7) is 0. The molecule has 0 atom stereocenters. The molecule has 0 aliphatic rings. The van der Waals surface area contributed by atoms with Gasteiger partial charge < -0.3 is 5.11 Å². The Labute approximate surface area is 100 Å². The zero-order valence-corrected chi connectivity index (χ0v) is 9.57. The Bertz CT molecular complexity index is 323. The molecule has 0 aliphatic carbocycles. The molecule has 0 unspecified atom stereocenters. The van der Waals surface area contributed by atoms with E-state index in [1.54, 1.807) is 6.08 Å². The maximum absolute atomic E-state index is 10.2. The Hall–Kier alpha value is -0.350. The molecule has 2 nitrogen and oxygen atoms in total. The van der Waals surface area contributed by atoms with Crippen LogP contribution < -0.4 is 0 Å². The van der Waals surface area contributed by atoms with Crippen LogP contribution in [0.4, 0.5) is 0 Å². The van der Waals surface area contributed by atoms with Gasteiger partial charge in [-0.1, -0.05) is 28.1 Å². The molecule has 0 spiro atoms. The van der Waals surface area contributed by atoms with E-state index in [1.807, 2.05) is 24.3 Å². The summed E-state index contributed by atoms with van der Waals surface area (Å²) >= 11 is 3.29. The molecule has 0 aromatic heterocycles. The van der Waals surface area contributed by atoms with Crippen LogP contribution in [0, 0.1) is 0 Å². The third kappa shape index (κ3) is 5.06. The van der Waals surface area contributed by atoms with Gasteiger partial charge >= 0.3 is 5.97 Å². The van der Waals surface area contributed by atoms with Gasteiger partial charge in [0.1, 0.15) is 0 Å². The Morgan fingerprint density at radius 1 is 1.46 bits per heavy atom. The van der Waals surface area contributed by atoms with Crippen molar-refractivity contribution in [1.29, 1.82) is 0 Å². The van der Waals surface area contributed by atoms with E-state index in [0.29, 0.717) is 0 Å². The zero-order valence-electron chi connectivity index (χ0n) is 6.50. The van der Waals surface area contributed by atoms with Gasteiger partial charge in [-0.15, -0.1) is 0 Å². The van der Waals surface area contributed by atoms with Gasteiger partial charge in [0.25, 0.3) is 0 Å². The maximum atomic E-state index is 10.2. The minimum atomic E-state index is -0.935. The van der Waals surface area contributed by atoms with Crippen LogP contribution in [0.5, 0.6) is 0 Å². The molecule has 73 valence electrons. The summed E-state index contributed by atoms with van der Waals surface area (Å²) in [5.41, 5.74) is 0.867. The number of hydrogen-bond acceptors (Lipinski definition) is 1. The van der Waals surface area contributed by atoms with E-state index in [-0.39, 0.29) is 22.4 Å². The van der Waals surface area contributed by atoms with Crippen molar-refractivity contribution in [3.63, 3.8) is 0 Å². The zero-order chi connectivity index (χ0) is 8.97. The molecule has 0 heterocycles. The summed E-state index contributed by atoms with van der Waals surface area (Å²) in [6.07, 6.45) is 2.66. The maximum Gasteiger partial charge on any atom is 0.328 e. The van der Waals surface area contributed by atoms with Crippen LogP contribution in [0.25, 0.3) is 6.08 Å². The van der Waals surface area contributed by atoms with Crippen LogP contribution >= 0.6 is 15.9 Å². The number of carboxylic acids is 1. The Balaban J connectivity index is 0.00000144. The molecule has 0 fully saturated rings. The molecule has 1 radical (unpaired) electrons. The molecule has 1 aromatic carbocycles. The third-order valence-corrected chi connectivity index (χ3v) is 1.76. The van der Waals surface area contributed by atoms with Crippen molar-refractivity contribution in [3.8, 4) is 0 Å². The van der Waals surface area contributed by atoms with Gasteiger partial charge in [0.2, 0.25) is 0 Å². The molecule has 4 heteroatoms. The van der Waals surface area contributed by atoms with E-state index in [4.69, 9.17) is 5.11 Å². The number of rotatable bonds is 2. The van der Waals surface area contributed by atoms with Crippen LogP contribution in [-0.4, -0.2) is 11.1 Å². The molecule has 0 amide bonds. The van der Waals surface area contributed by atoms with Crippen molar-refractivity contribution in [1.82, 2.24) is 0 Å². The molecule has 0 saturated carbocycles. The number of hydrogen-bond donors (Lipinski definition) is 1. The smallest absolute Gasteiger partial charge is 0.328 e. The third-order valence-electron chi connectivity index (χ3n) is 1.27. The standard InChI is InChI=1S/C9H7BrO2.Ag/c10-8-3-1-2-7(6-8)4-5-9(11)12;/h1-6H,(H,11,12);/b5-4+;. The second kappa shape index (κ2) is 6.16. The Morgan fingerprint density at radius 2 is 2.15 bits per heavy atom. The molecule has 0 saturated heterocycles. The largest absolute Gasteiger partial charge is 0.478 e. The monoisotopic (exact) mass is 333 g/mol. The van der Waals surface area contributed by atoms with E-state index in [2.05, 4.69) is 15.9 Å². The predicted molar refractivity (Wildman–Crippen MR) is 50.8 cm³/mol. The summed E-state index contributed by atoms with van der Waals surface area (Å²) < 4.78 is 0.940. The van der Waals surface area contributed by atoms with Crippen molar-refractivity contribution >= 4 is 28.0 Å². The van der Waals surface area contributed by atoms with Gasteiger partial charge in [-0.3, -0.25) is 0 Å². The number of carbonyl (C=O) groups is 1. The minimum absolute atomic E-state index is 0. The summed E-state index contributed by atoms with van der Waals surface area (Å²) in [4.78, 5) is 10.2. The number of halogens is 1. The van der Waals surface area contributed by atoms with Gasteiger partial charge in [0, 0.05) is 32.9 Å². The van der Waals surface area contributed by atoms with Crippen LogP contribution in [0.1, 0.15) is 5.56 Å². The first-order chi connectivity index (χ1) is 5.68. The second-order valence-corrected chi connectivity index (χ2v) is 3.14. The molecule has 0 bridgehead atoms. The van der Waals surface area contributed by atoms with E-state index in [9.17, 15) is 4.79 Å². The van der Waals surface area contributed by atoms with Crippen molar-refractivity contribution in [2.24, 2.45) is 0 Å². The minimum Gasteiger partial charge on any atom is -0.478 e. The summed E-state index contributed by atoms with van der Waals surface area (Å²) in [5.74, 6) is -0.935. The van der Waals surface area contributed by atoms with Crippen molar-refractivity contribution in [2.45, 2.75) is 0 Å². The molecular formula is C9H7AgBrO2. The van der Waals surface area contributed by atoms with E-state index >= 15 is 0 Å². The predicted octanol–water partition coefficient (Wildman–Crippen LogP) is 2.54. The van der Waals surface area contributed by atoms with Crippen LogP contribution in [0.2, 0.25) is 0 Å². The fraction of sp³-hybridized carbons (Fsp3) is 0. The molecule has 13 heavy (non-hydrogen) atoms. The van der Waals surface area contributed by atoms with E-state index in [0.717, 1.165) is 16.1 Å². The van der Waals surface area contributed by atoms with Crippen molar-refractivity contribution in [2.75, 3.05) is 0 Å². The topological polar surface area (TPSA) is 37.3 Å². The van der Waals surface area contributed by atoms with E-state index < -0.39 is 5.97 Å². The number of aliphatic carboxylic acids is 1. The van der Waals surface area contributed by atoms with Crippen LogP contribution in [0.15, 0.2) is 34.8 Å². The average molecular weight is 335 g/mol. The van der Waals surface area contributed by atoms with Gasteiger partial charge in [-0.2, -0.15) is 0 Å². The average Bonchev–Trinajstić information content (AvgIpc) is 2.01. The molecular weight excluding hydrogens is 328 g/mol. The normalized spacial score (nSPS) is 9.62. The molecule has 1 rings (SSSR count). The van der Waals surface area contributed by atoms with Crippen LogP contribution in [0.3, 0.4) is 0 Å². The fourth-order valence-electron chi connectivity index (χ4n) is 0.778. The number of benzene rings is 1. The quantitative estimate of drug-likeness (QED) is 0.666. The SMILES string of the molecule is O=C(O)/C=C/c1cccc(Br)c1.[Ag]. The van der Waals surface area contributed by atoms with Gasteiger partial charge in [0.15, 0.2) is 0 Å². The first kappa shape index (κ1) is 12.7. The van der Waals surface area contributed by atoms with Gasteiger partial charge in [-0.25, -0.2) is 4.79 Å². The summed E-state index contributed by atoms with van der Waals surface area (Å²) in [7, 11) is 0. The van der Waals surface area contributed by atoms with Gasteiger partial charge in [0.05, 0.1) is 0 Å². The second-order valence-electron chi connectivity index (χ2n) is 2.23. The molecule has 0 aliphatic heterocycles. The summed E-state index contributed by atoms with van der Waals surface area (Å²) in [6, 6.07) is 7.42. The Morgan fingerprint density at radius 3 is 2.69 bits per heavy atom. The number of carboxylic acid groups (broad SMARTS) is 1. The first-order valence-electron chi connectivity index (χ1n) is 3.35. The summed E-state index contributed by atoms with van der Waals surface area (Å²) in [5, 5.41) is 8.35. The Kier molecular flexibility index (Phi) is 5.99. The first-order valence-corrected chi connectivity index (χ1v) is 4.14. The van der Waals surface area contributed by atoms with Crippen molar-refractivity contribution in [3.05, 3.63) is 40.4 Å². The van der Waals surface area contributed by atoms with Crippen molar-refractivity contribution < 1.29 is 32.3 Å². The molecule has 1 aromatic rings. The molecule has 1 N–H and O–H groups in total. The fourth-order valence-corrected chi connectivity index (χ4v) is 1.19. The van der Waals surface area contributed by atoms with Crippen LogP contribution in [-0.2, 0) is 27.2 Å². The van der Waals surface area contributed by atoms with Gasteiger partial charge in [-0.05, 0) is 23.8 Å². The van der Waals surface area contributed by atoms with E-state index in [1.165, 1.54) is 0 Å².